The van der Waals surface area contributed by atoms with E-state index in [0.29, 0.717) is 5.82 Å². The Kier molecular flexibility index (Phi) is 2.92. The van der Waals surface area contributed by atoms with Gasteiger partial charge in [0.15, 0.2) is 0 Å². The molecule has 3 nitrogen and oxygen atoms in total. The quantitative estimate of drug-likeness (QED) is 0.865. The Morgan fingerprint density at radius 1 is 1.20 bits per heavy atom. The van der Waals surface area contributed by atoms with Crippen molar-refractivity contribution in [3.8, 4) is 0 Å². The molecule has 0 radical (unpaired) electrons. The highest BCUT2D eigenvalue weighted by Gasteiger charge is 1.96. The van der Waals surface area contributed by atoms with E-state index in [1.54, 1.807) is 6.07 Å². The Labute approximate surface area is 93.5 Å². The number of nitrogen functional groups attached to an aromatic ring is 1. The zero-order valence-corrected chi connectivity index (χ0v) is 8.98. The maximum atomic E-state index is 5.80. The summed E-state index contributed by atoms with van der Waals surface area (Å²) in [6, 6.07) is 9.63. The molecule has 2 rings (SSSR count). The zero-order valence-electron chi connectivity index (χ0n) is 8.23. The van der Waals surface area contributed by atoms with Crippen molar-refractivity contribution in [3.05, 3.63) is 47.1 Å². The molecule has 0 aliphatic rings. The van der Waals surface area contributed by atoms with Crippen LogP contribution in [-0.4, -0.2) is 9.78 Å². The molecule has 0 unspecified atom stereocenters. The van der Waals surface area contributed by atoms with Gasteiger partial charge in [-0.3, -0.25) is 4.68 Å². The topological polar surface area (TPSA) is 43.8 Å². The Morgan fingerprint density at radius 2 is 1.93 bits per heavy atom. The number of anilines is 1. The first-order valence-electron chi connectivity index (χ1n) is 4.77. The average molecular weight is 222 g/mol. The van der Waals surface area contributed by atoms with Crippen LogP contribution in [0, 0.1) is 0 Å². The standard InChI is InChI=1S/C11H12ClN3/c12-10-3-1-9(2-4-10)5-7-15-8-6-11(13)14-15/h1-4,6,8H,5,7H2,(H2,13,14). The van der Waals surface area contributed by atoms with E-state index in [9.17, 15) is 0 Å². The molecule has 0 amide bonds. The van der Waals surface area contributed by atoms with Crippen LogP contribution < -0.4 is 5.73 Å². The van der Waals surface area contributed by atoms with Gasteiger partial charge < -0.3 is 5.73 Å². The van der Waals surface area contributed by atoms with Crippen LogP contribution in [0.4, 0.5) is 5.82 Å². The molecular formula is C11H12ClN3. The second-order valence-electron chi connectivity index (χ2n) is 3.38. The van der Waals surface area contributed by atoms with E-state index in [1.165, 1.54) is 5.56 Å². The molecular weight excluding hydrogens is 210 g/mol. The van der Waals surface area contributed by atoms with Crippen molar-refractivity contribution in [3.63, 3.8) is 0 Å². The Morgan fingerprint density at radius 3 is 2.53 bits per heavy atom. The number of hydrogen-bond donors (Lipinski definition) is 1. The van der Waals surface area contributed by atoms with Crippen molar-refractivity contribution in [2.24, 2.45) is 0 Å². The summed E-state index contributed by atoms with van der Waals surface area (Å²) < 4.78 is 1.84. The third kappa shape index (κ3) is 2.73. The van der Waals surface area contributed by atoms with Gasteiger partial charge in [-0.1, -0.05) is 23.7 Å². The molecule has 1 aromatic heterocycles. The summed E-state index contributed by atoms with van der Waals surface area (Å²) in [7, 11) is 0. The van der Waals surface area contributed by atoms with E-state index >= 15 is 0 Å². The van der Waals surface area contributed by atoms with Gasteiger partial charge >= 0.3 is 0 Å². The number of aromatic nitrogens is 2. The predicted octanol–water partition coefficient (Wildman–Crippen LogP) is 2.36. The molecule has 1 heterocycles. The van der Waals surface area contributed by atoms with Crippen molar-refractivity contribution < 1.29 is 0 Å². The average Bonchev–Trinajstić information content (AvgIpc) is 2.64. The van der Waals surface area contributed by atoms with Gasteiger partial charge in [-0.2, -0.15) is 5.10 Å². The summed E-state index contributed by atoms with van der Waals surface area (Å²) in [6.07, 6.45) is 2.81. The molecule has 0 fully saturated rings. The molecule has 0 atom stereocenters. The van der Waals surface area contributed by atoms with Crippen molar-refractivity contribution >= 4 is 17.4 Å². The fourth-order valence-electron chi connectivity index (χ4n) is 1.40. The minimum absolute atomic E-state index is 0.561. The molecule has 4 heteroatoms. The van der Waals surface area contributed by atoms with Crippen LogP contribution in [-0.2, 0) is 13.0 Å². The second kappa shape index (κ2) is 4.36. The van der Waals surface area contributed by atoms with E-state index in [0.717, 1.165) is 18.0 Å². The van der Waals surface area contributed by atoms with E-state index < -0.39 is 0 Å². The molecule has 78 valence electrons. The van der Waals surface area contributed by atoms with E-state index in [2.05, 4.69) is 5.10 Å². The Hall–Kier alpha value is -1.48. The molecule has 0 bridgehead atoms. The molecule has 2 N–H and O–H groups in total. The van der Waals surface area contributed by atoms with Gasteiger partial charge in [-0.15, -0.1) is 0 Å². The number of nitrogens with two attached hydrogens (primary N) is 1. The first kappa shape index (κ1) is 10.1. The van der Waals surface area contributed by atoms with Crippen molar-refractivity contribution in [1.82, 2.24) is 9.78 Å². The lowest BCUT2D eigenvalue weighted by Crippen LogP contribution is -2.02. The zero-order chi connectivity index (χ0) is 10.7. The first-order valence-corrected chi connectivity index (χ1v) is 5.15. The van der Waals surface area contributed by atoms with Crippen LogP contribution in [0.2, 0.25) is 5.02 Å². The van der Waals surface area contributed by atoms with Crippen LogP contribution in [0.25, 0.3) is 0 Å². The molecule has 0 aliphatic carbocycles. The lowest BCUT2D eigenvalue weighted by atomic mass is 10.1. The second-order valence-corrected chi connectivity index (χ2v) is 3.82. The number of rotatable bonds is 3. The summed E-state index contributed by atoms with van der Waals surface area (Å²) in [5.41, 5.74) is 6.76. The molecule has 0 saturated carbocycles. The van der Waals surface area contributed by atoms with Crippen LogP contribution in [0.15, 0.2) is 36.5 Å². The highest BCUT2D eigenvalue weighted by molar-refractivity contribution is 6.30. The molecule has 0 aliphatic heterocycles. The molecule has 1 aromatic carbocycles. The minimum Gasteiger partial charge on any atom is -0.382 e. The maximum Gasteiger partial charge on any atom is 0.145 e. The van der Waals surface area contributed by atoms with Crippen molar-refractivity contribution in [1.29, 1.82) is 0 Å². The predicted molar refractivity (Wildman–Crippen MR) is 61.8 cm³/mol. The molecule has 0 spiro atoms. The Bertz CT molecular complexity index is 433. The number of halogens is 1. The van der Waals surface area contributed by atoms with Crippen molar-refractivity contribution in [2.75, 3.05) is 5.73 Å². The number of benzene rings is 1. The fraction of sp³-hybridized carbons (Fsp3) is 0.182. The molecule has 2 aromatic rings. The Balaban J connectivity index is 1.96. The number of hydrogen-bond acceptors (Lipinski definition) is 2. The summed E-state index contributed by atoms with van der Waals surface area (Å²) in [4.78, 5) is 0. The summed E-state index contributed by atoms with van der Waals surface area (Å²) in [5, 5.41) is 4.88. The van der Waals surface area contributed by atoms with Gasteiger partial charge in [-0.05, 0) is 30.2 Å². The summed E-state index contributed by atoms with van der Waals surface area (Å²) >= 11 is 5.80. The van der Waals surface area contributed by atoms with E-state index in [4.69, 9.17) is 17.3 Å². The molecule has 0 saturated heterocycles. The third-order valence-corrected chi connectivity index (χ3v) is 2.46. The van der Waals surface area contributed by atoms with Crippen LogP contribution >= 0.6 is 11.6 Å². The van der Waals surface area contributed by atoms with Gasteiger partial charge in [-0.25, -0.2) is 0 Å². The van der Waals surface area contributed by atoms with Gasteiger partial charge in [0.2, 0.25) is 0 Å². The van der Waals surface area contributed by atoms with Crippen LogP contribution in [0.5, 0.6) is 0 Å². The van der Waals surface area contributed by atoms with Crippen molar-refractivity contribution in [2.45, 2.75) is 13.0 Å². The SMILES string of the molecule is Nc1ccn(CCc2ccc(Cl)cc2)n1. The summed E-state index contributed by atoms with van der Waals surface area (Å²) in [5.74, 6) is 0.561. The first-order chi connectivity index (χ1) is 7.24. The van der Waals surface area contributed by atoms with Gasteiger partial charge in [0.05, 0.1) is 0 Å². The minimum atomic E-state index is 0.561. The fourth-order valence-corrected chi connectivity index (χ4v) is 1.52. The maximum absolute atomic E-state index is 5.80. The van der Waals surface area contributed by atoms with Gasteiger partial charge in [0.1, 0.15) is 5.82 Å². The normalized spacial score (nSPS) is 10.5. The van der Waals surface area contributed by atoms with Crippen LogP contribution in [0.1, 0.15) is 5.56 Å². The monoisotopic (exact) mass is 221 g/mol. The van der Waals surface area contributed by atoms with Gasteiger partial charge in [0.25, 0.3) is 0 Å². The van der Waals surface area contributed by atoms with E-state index in [-0.39, 0.29) is 0 Å². The van der Waals surface area contributed by atoms with E-state index in [1.807, 2.05) is 35.1 Å². The number of aryl methyl sites for hydroxylation is 2. The number of nitrogens with zero attached hydrogens (tertiary/aromatic N) is 2. The largest absolute Gasteiger partial charge is 0.382 e. The highest BCUT2D eigenvalue weighted by atomic mass is 35.5. The molecule has 15 heavy (non-hydrogen) atoms. The highest BCUT2D eigenvalue weighted by Crippen LogP contribution is 2.10. The lowest BCUT2D eigenvalue weighted by molar-refractivity contribution is 0.617. The smallest absolute Gasteiger partial charge is 0.145 e. The van der Waals surface area contributed by atoms with Crippen LogP contribution in [0.3, 0.4) is 0 Å². The van der Waals surface area contributed by atoms with Gasteiger partial charge in [0, 0.05) is 17.8 Å². The lowest BCUT2D eigenvalue weighted by Gasteiger charge is -2.01. The third-order valence-electron chi connectivity index (χ3n) is 2.20. The summed E-state index contributed by atoms with van der Waals surface area (Å²) in [6.45, 7) is 0.832.